The molecule has 2 N–H and O–H groups in total. The third-order valence-electron chi connectivity index (χ3n) is 13.6. The molecule has 12 nitrogen and oxygen atoms in total. The van der Waals surface area contributed by atoms with Gasteiger partial charge in [-0.15, -0.1) is 6.58 Å². The molecular formula is C55H57N3O9. The van der Waals surface area contributed by atoms with Gasteiger partial charge in [-0.25, -0.2) is 0 Å². The fourth-order valence-electron chi connectivity index (χ4n) is 10.6. The molecule has 1 saturated carbocycles. The lowest BCUT2D eigenvalue weighted by Crippen LogP contribution is -2.70. The first-order chi connectivity index (χ1) is 32.9. The van der Waals surface area contributed by atoms with E-state index >= 15 is 4.79 Å². The molecule has 346 valence electrons. The lowest BCUT2D eigenvalue weighted by atomic mass is 9.55. The number of nitriles is 1. The van der Waals surface area contributed by atoms with Crippen LogP contribution in [0.2, 0.25) is 0 Å². The van der Waals surface area contributed by atoms with Crippen molar-refractivity contribution in [3.63, 3.8) is 0 Å². The van der Waals surface area contributed by atoms with Crippen molar-refractivity contribution in [3.05, 3.63) is 150 Å². The highest BCUT2D eigenvalue weighted by Gasteiger charge is 2.65. The quantitative estimate of drug-likeness (QED) is 0.0465. The maximum Gasteiger partial charge on any atom is 0.254 e. The number of carbonyl (C=O) groups is 1. The molecule has 1 fully saturated rings. The number of fused-ring (bicyclic) bond motifs is 4. The van der Waals surface area contributed by atoms with Gasteiger partial charge in [0.2, 0.25) is 12.6 Å². The zero-order valence-electron chi connectivity index (χ0n) is 37.8. The Morgan fingerprint density at radius 1 is 0.896 bits per heavy atom. The van der Waals surface area contributed by atoms with E-state index in [9.17, 15) is 15.5 Å². The maximum atomic E-state index is 15.4. The molecule has 6 atom stereocenters. The zero-order chi connectivity index (χ0) is 46.3. The molecule has 0 spiro atoms. The monoisotopic (exact) mass is 903 g/mol. The molecule has 9 rings (SSSR count). The topological polar surface area (TPSA) is 152 Å². The number of nitrogens with zero attached hydrogens (tertiary/aromatic N) is 3. The minimum Gasteiger partial charge on any atom is -0.459 e. The van der Waals surface area contributed by atoms with Gasteiger partial charge in [-0.2, -0.15) is 5.26 Å². The largest absolute Gasteiger partial charge is 0.459 e. The first-order valence-corrected chi connectivity index (χ1v) is 23.4. The second-order valence-electron chi connectivity index (χ2n) is 17.6. The van der Waals surface area contributed by atoms with Crippen molar-refractivity contribution in [1.82, 2.24) is 4.90 Å². The van der Waals surface area contributed by atoms with Crippen LogP contribution in [-0.2, 0) is 16.1 Å². The molecular weight excluding hydrogens is 847 g/mol. The Morgan fingerprint density at radius 3 is 2.42 bits per heavy atom. The lowest BCUT2D eigenvalue weighted by molar-refractivity contribution is -0.255. The molecule has 2 aliphatic carbocycles. The second kappa shape index (κ2) is 20.5. The number of unbranched alkanes of at least 4 members (excludes halogenated alkanes) is 2. The normalized spacial score (nSPS) is 22.7. The summed E-state index contributed by atoms with van der Waals surface area (Å²) in [6.07, 6.45) is 8.77. The van der Waals surface area contributed by atoms with Gasteiger partial charge in [0.1, 0.15) is 29.9 Å². The zero-order valence-corrected chi connectivity index (χ0v) is 37.8. The molecule has 5 aromatic carbocycles. The average molecular weight is 904 g/mol. The summed E-state index contributed by atoms with van der Waals surface area (Å²) in [5.74, 6) is 0.701. The number of hydrogen-bond donors (Lipinski definition) is 2. The summed E-state index contributed by atoms with van der Waals surface area (Å²) in [7, 11) is 0. The van der Waals surface area contributed by atoms with Gasteiger partial charge < -0.3 is 43.6 Å². The standard InChI is InChI=1S/C55H57N3O9/c1-3-27-64-55-51(58(54(61)39-18-15-36(33-56)16-19-39)34-37-17-23-49-50(28-37)63-35-62-49)32-47(57-65-4-2)45-30-41(13-7-9-25-59)44(14-8-10-26-60)52(53(45)55)46-31-43(22-24-48(46)67-55)66-42-21-20-38-11-5-6-12-40(38)29-42/h3,5-6,11-12,15-24,28-31,41,44,51-53,59-60H,1,4,7-10,13-14,25-27,32,34-35H2,2H3. The second-order valence-corrected chi connectivity index (χ2v) is 17.6. The third-order valence-corrected chi connectivity index (χ3v) is 13.6. The van der Waals surface area contributed by atoms with Crippen LogP contribution in [0.4, 0.5) is 0 Å². The van der Waals surface area contributed by atoms with E-state index in [-0.39, 0.29) is 63.2 Å². The molecule has 6 unspecified atom stereocenters. The summed E-state index contributed by atoms with van der Waals surface area (Å²) in [6, 6.07) is 33.9. The number of amides is 1. The van der Waals surface area contributed by atoms with Gasteiger partial charge in [0.05, 0.1) is 29.9 Å². The predicted octanol–water partition coefficient (Wildman–Crippen LogP) is 10.2. The van der Waals surface area contributed by atoms with E-state index in [1.807, 2.05) is 66.4 Å². The molecule has 1 amide bonds. The van der Waals surface area contributed by atoms with Crippen molar-refractivity contribution in [2.45, 2.75) is 76.2 Å². The summed E-state index contributed by atoms with van der Waals surface area (Å²) < 4.78 is 32.9. The fourth-order valence-corrected chi connectivity index (χ4v) is 10.6. The van der Waals surface area contributed by atoms with Gasteiger partial charge in [0.25, 0.3) is 5.91 Å². The molecule has 12 heteroatoms. The van der Waals surface area contributed by atoms with Gasteiger partial charge in [-0.05, 0) is 133 Å². The number of ether oxygens (including phenoxy) is 5. The van der Waals surface area contributed by atoms with Crippen molar-refractivity contribution < 1.29 is 43.5 Å². The Balaban J connectivity index is 1.25. The van der Waals surface area contributed by atoms with Gasteiger partial charge in [0.15, 0.2) is 11.5 Å². The van der Waals surface area contributed by atoms with Crippen LogP contribution < -0.4 is 18.9 Å². The van der Waals surface area contributed by atoms with Crippen LogP contribution in [0.15, 0.2) is 133 Å². The van der Waals surface area contributed by atoms with Crippen molar-refractivity contribution in [1.29, 1.82) is 5.26 Å². The number of aliphatic hydroxyl groups is 2. The molecule has 2 heterocycles. The Hall–Kier alpha value is -6.65. The summed E-state index contributed by atoms with van der Waals surface area (Å²) >= 11 is 0. The molecule has 67 heavy (non-hydrogen) atoms. The van der Waals surface area contributed by atoms with Crippen LogP contribution in [0, 0.1) is 29.1 Å². The van der Waals surface area contributed by atoms with Crippen molar-refractivity contribution in [2.75, 3.05) is 33.2 Å². The van der Waals surface area contributed by atoms with Crippen molar-refractivity contribution in [2.24, 2.45) is 22.9 Å². The number of carbonyl (C=O) groups excluding carboxylic acids is 1. The predicted molar refractivity (Wildman–Crippen MR) is 254 cm³/mol. The number of rotatable bonds is 19. The minimum absolute atomic E-state index is 0.0212. The van der Waals surface area contributed by atoms with Gasteiger partial charge in [0, 0.05) is 43.2 Å². The smallest absolute Gasteiger partial charge is 0.254 e. The van der Waals surface area contributed by atoms with E-state index in [1.54, 1.807) is 30.3 Å². The fraction of sp³-hybridized carbons (Fsp3) is 0.364. The van der Waals surface area contributed by atoms with Crippen LogP contribution in [0.3, 0.4) is 0 Å². The van der Waals surface area contributed by atoms with E-state index in [0.717, 1.165) is 53.2 Å². The molecule has 0 saturated heterocycles. The average Bonchev–Trinajstić information content (AvgIpc) is 3.83. The highest BCUT2D eigenvalue weighted by molar-refractivity contribution is 6.03. The Labute approximate surface area is 391 Å². The summed E-state index contributed by atoms with van der Waals surface area (Å²) in [5, 5.41) is 36.8. The van der Waals surface area contributed by atoms with E-state index < -0.39 is 17.7 Å². The Bertz CT molecular complexity index is 2690. The molecule has 0 bridgehead atoms. The number of aliphatic hydroxyl groups excluding tert-OH is 2. The number of oxime groups is 1. The molecule has 5 aromatic rings. The Morgan fingerprint density at radius 2 is 1.64 bits per heavy atom. The van der Waals surface area contributed by atoms with Gasteiger partial charge in [-0.1, -0.05) is 66.5 Å². The number of benzene rings is 5. The van der Waals surface area contributed by atoms with E-state index in [0.29, 0.717) is 65.0 Å². The van der Waals surface area contributed by atoms with Crippen LogP contribution in [0.25, 0.3) is 10.8 Å². The number of allylic oxidation sites excluding steroid dienone is 1. The first-order valence-electron chi connectivity index (χ1n) is 23.4. The van der Waals surface area contributed by atoms with Gasteiger partial charge >= 0.3 is 0 Å². The summed E-state index contributed by atoms with van der Waals surface area (Å²) in [5.41, 5.74) is 4.20. The van der Waals surface area contributed by atoms with Crippen LogP contribution in [0.5, 0.6) is 28.7 Å². The van der Waals surface area contributed by atoms with E-state index in [1.165, 1.54) is 0 Å². The number of hydrogen-bond acceptors (Lipinski definition) is 11. The SMILES string of the molecule is C=CCOC12Oc3ccc(Oc4ccc5ccccc5c4)cc3C3C(CCCCO)C(CCCCO)C=C(C(=NOCC)CC1N(Cc1ccc4c(c1)OCO4)C(=O)c1ccc(C#N)cc1)C32. The summed E-state index contributed by atoms with van der Waals surface area (Å²) in [4.78, 5) is 23.2. The lowest BCUT2D eigenvalue weighted by Gasteiger charge is -2.60. The van der Waals surface area contributed by atoms with Crippen LogP contribution in [0.1, 0.15) is 84.8 Å². The summed E-state index contributed by atoms with van der Waals surface area (Å²) in [6.45, 7) is 6.83. The molecule has 2 aliphatic heterocycles. The molecule has 0 aromatic heterocycles. The minimum atomic E-state index is -1.49. The van der Waals surface area contributed by atoms with E-state index in [2.05, 4.69) is 43.0 Å². The third kappa shape index (κ3) is 9.24. The maximum absolute atomic E-state index is 15.4. The molecule has 0 radical (unpaired) electrons. The van der Waals surface area contributed by atoms with Crippen molar-refractivity contribution in [3.8, 4) is 34.8 Å². The Kier molecular flexibility index (Phi) is 13.9. The van der Waals surface area contributed by atoms with E-state index in [4.69, 9.17) is 33.7 Å². The highest BCUT2D eigenvalue weighted by Crippen LogP contribution is 2.62. The highest BCUT2D eigenvalue weighted by atomic mass is 16.7. The van der Waals surface area contributed by atoms with Crippen LogP contribution in [-0.4, -0.2) is 71.8 Å². The van der Waals surface area contributed by atoms with Crippen molar-refractivity contribution >= 4 is 22.4 Å². The van der Waals surface area contributed by atoms with Crippen LogP contribution >= 0.6 is 0 Å². The van der Waals surface area contributed by atoms with Gasteiger partial charge in [-0.3, -0.25) is 4.79 Å². The first kappa shape index (κ1) is 45.5. The molecule has 4 aliphatic rings.